The Morgan fingerprint density at radius 3 is 2.44 bits per heavy atom. The predicted molar refractivity (Wildman–Crippen MR) is 102 cm³/mol. The minimum Gasteiger partial charge on any atom is -0.516 e. The Hall–Kier alpha value is -2.78. The van der Waals surface area contributed by atoms with Gasteiger partial charge in [0.25, 0.3) is 0 Å². The molecule has 0 saturated carbocycles. The van der Waals surface area contributed by atoms with Crippen LogP contribution in [0, 0.1) is 24.7 Å². The van der Waals surface area contributed by atoms with Crippen molar-refractivity contribution in [1.29, 1.82) is 0 Å². The molecule has 0 bridgehead atoms. The molecule has 1 aliphatic heterocycles. The van der Waals surface area contributed by atoms with Crippen LogP contribution in [0.3, 0.4) is 0 Å². The largest absolute Gasteiger partial charge is 0.516 e. The van der Waals surface area contributed by atoms with Crippen LogP contribution in [0.2, 0.25) is 0 Å². The minimum absolute atomic E-state index is 0.0133. The number of carbonyl (C=O) groups is 2. The zero-order chi connectivity index (χ0) is 21.1. The predicted octanol–water partition coefficient (Wildman–Crippen LogP) is 0.501. The number of methoxy groups -OCH3 is 1. The van der Waals surface area contributed by atoms with Gasteiger partial charge in [-0.15, -0.1) is 12.8 Å². The summed E-state index contributed by atoms with van der Waals surface area (Å²) in [5, 5.41) is 15.0. The van der Waals surface area contributed by atoms with E-state index in [4.69, 9.17) is 26.1 Å². The third-order valence-electron chi connectivity index (χ3n) is 3.08. The van der Waals surface area contributed by atoms with Gasteiger partial charge >= 0.3 is 0 Å². The molecule has 0 radical (unpaired) electrons. The first-order chi connectivity index (χ1) is 12.9. The van der Waals surface area contributed by atoms with Crippen LogP contribution in [0.5, 0.6) is 0 Å². The second-order valence-corrected chi connectivity index (χ2v) is 5.06. The molecule has 2 unspecified atom stereocenters. The van der Waals surface area contributed by atoms with Crippen molar-refractivity contribution in [3.8, 4) is 24.7 Å². The van der Waals surface area contributed by atoms with E-state index >= 15 is 0 Å². The highest BCUT2D eigenvalue weighted by atomic mass is 16.5. The van der Waals surface area contributed by atoms with Crippen molar-refractivity contribution >= 4 is 12.3 Å². The minimum atomic E-state index is -0.352. The fourth-order valence-corrected chi connectivity index (χ4v) is 1.91. The van der Waals surface area contributed by atoms with Gasteiger partial charge in [-0.05, 0) is 12.8 Å². The lowest BCUT2D eigenvalue weighted by Gasteiger charge is -2.21. The molecule has 8 nitrogen and oxygen atoms in total. The van der Waals surface area contributed by atoms with E-state index in [0.29, 0.717) is 19.4 Å². The summed E-state index contributed by atoms with van der Waals surface area (Å²) in [6, 6.07) is 0. The van der Waals surface area contributed by atoms with Gasteiger partial charge in [0, 0.05) is 26.4 Å². The smallest absolute Gasteiger partial charge is 0.248 e. The molecular formula is C19H28N2O6. The molecule has 2 amide bonds. The maximum atomic E-state index is 11.7. The lowest BCUT2D eigenvalue weighted by atomic mass is 10.2. The lowest BCUT2D eigenvalue weighted by Crippen LogP contribution is -2.31. The molecule has 0 aromatic rings. The van der Waals surface area contributed by atoms with E-state index in [1.165, 1.54) is 22.1 Å². The molecule has 8 heteroatoms. The number of rotatable bonds is 7. The highest BCUT2D eigenvalue weighted by Gasteiger charge is 2.28. The zero-order valence-corrected chi connectivity index (χ0v) is 15.8. The molecule has 27 heavy (non-hydrogen) atoms. The van der Waals surface area contributed by atoms with Crippen molar-refractivity contribution in [2.75, 3.05) is 33.9 Å². The first-order valence-electron chi connectivity index (χ1n) is 7.98. The third-order valence-corrected chi connectivity index (χ3v) is 3.08. The zero-order valence-electron chi connectivity index (χ0n) is 15.8. The molecule has 0 spiro atoms. The Labute approximate surface area is 161 Å². The molecule has 2 atom stereocenters. The molecule has 1 aliphatic rings. The van der Waals surface area contributed by atoms with E-state index in [2.05, 4.69) is 18.9 Å². The van der Waals surface area contributed by atoms with Gasteiger partial charge in [-0.3, -0.25) is 14.5 Å². The number of hydrogen-bond donors (Lipinski definition) is 2. The van der Waals surface area contributed by atoms with Crippen molar-refractivity contribution in [3.63, 3.8) is 0 Å². The monoisotopic (exact) mass is 380 g/mol. The quantitative estimate of drug-likeness (QED) is 0.289. The summed E-state index contributed by atoms with van der Waals surface area (Å²) in [5.41, 5.74) is 0. The Morgan fingerprint density at radius 1 is 1.41 bits per heavy atom. The van der Waals surface area contributed by atoms with Gasteiger partial charge in [0.05, 0.1) is 25.5 Å². The molecule has 2 N–H and O–H groups in total. The van der Waals surface area contributed by atoms with Crippen molar-refractivity contribution in [2.24, 2.45) is 0 Å². The summed E-state index contributed by atoms with van der Waals surface area (Å²) in [7, 11) is 3.20. The number of likely N-dealkylation sites (N-methyl/N-ethyl adjacent to an activating group) is 1. The highest BCUT2D eigenvalue weighted by Crippen LogP contribution is 2.22. The molecule has 0 aromatic carbocycles. The Balaban J connectivity index is 0. The van der Waals surface area contributed by atoms with E-state index in [9.17, 15) is 9.59 Å². The van der Waals surface area contributed by atoms with E-state index in [0.717, 1.165) is 12.7 Å². The number of nitrogens with zero attached hydrogens (tertiary/aromatic N) is 2. The molecule has 0 aliphatic carbocycles. The van der Waals surface area contributed by atoms with Crippen LogP contribution >= 0.6 is 0 Å². The average molecular weight is 380 g/mol. The van der Waals surface area contributed by atoms with E-state index < -0.39 is 0 Å². The van der Waals surface area contributed by atoms with Gasteiger partial charge < -0.3 is 24.6 Å². The molecule has 0 aromatic heterocycles. The summed E-state index contributed by atoms with van der Waals surface area (Å²) in [4.78, 5) is 25.5. The number of ether oxygens (including phenoxy) is 2. The summed E-state index contributed by atoms with van der Waals surface area (Å²) in [6.45, 7) is 3.48. The maximum Gasteiger partial charge on any atom is 0.248 e. The van der Waals surface area contributed by atoms with E-state index in [1.807, 2.05) is 5.92 Å². The molecule has 1 fully saturated rings. The van der Waals surface area contributed by atoms with Gasteiger partial charge in [-0.2, -0.15) is 0 Å². The van der Waals surface area contributed by atoms with Gasteiger partial charge in [0.15, 0.2) is 0 Å². The Kier molecular flexibility index (Phi) is 17.7. The van der Waals surface area contributed by atoms with Crippen molar-refractivity contribution in [3.05, 3.63) is 25.1 Å². The summed E-state index contributed by atoms with van der Waals surface area (Å²) in [6.07, 6.45) is 14.9. The lowest BCUT2D eigenvalue weighted by molar-refractivity contribution is -0.127. The van der Waals surface area contributed by atoms with Gasteiger partial charge in [0.1, 0.15) is 12.8 Å². The Bertz CT molecular complexity index is 535. The van der Waals surface area contributed by atoms with Crippen molar-refractivity contribution < 1.29 is 29.3 Å². The van der Waals surface area contributed by atoms with Crippen LogP contribution in [0.1, 0.15) is 12.8 Å². The first kappa shape index (κ1) is 26.4. The van der Waals surface area contributed by atoms with Crippen LogP contribution in [0.25, 0.3) is 0 Å². The number of aliphatic hydroxyl groups excluding tert-OH is 2. The SMILES string of the molecule is C#CCN(C)C(=O)/C=C\N(C=O)C1CCC(COC)O1.C#CCO.C=CO. The standard InChI is InChI=1S/C14H20N2O4.C3H4O.C2H4O/c1-4-8-15(2)13(18)7-9-16(11-17)14-6-5-12(20-14)10-19-3;1-2-3-4;1-2-3/h1,7,9,11-12,14H,5-6,8,10H2,2-3H3;1,4H,3H2;2-3H,1H2/b9-7-;;. The molecule has 1 heterocycles. The fraction of sp³-hybridized carbons (Fsp3) is 0.474. The summed E-state index contributed by atoms with van der Waals surface area (Å²) in [5.74, 6) is 4.10. The van der Waals surface area contributed by atoms with E-state index in [1.54, 1.807) is 14.2 Å². The van der Waals surface area contributed by atoms with Crippen LogP contribution in [0.4, 0.5) is 0 Å². The second-order valence-electron chi connectivity index (χ2n) is 5.06. The fourth-order valence-electron chi connectivity index (χ4n) is 1.91. The number of hydrogen-bond acceptors (Lipinski definition) is 6. The normalized spacial score (nSPS) is 17.2. The van der Waals surface area contributed by atoms with E-state index in [-0.39, 0.29) is 31.4 Å². The third kappa shape index (κ3) is 13.1. The molecule has 1 saturated heterocycles. The first-order valence-corrected chi connectivity index (χ1v) is 7.98. The molecule has 1 rings (SSSR count). The average Bonchev–Trinajstić information content (AvgIpc) is 3.12. The maximum absolute atomic E-state index is 11.7. The summed E-state index contributed by atoms with van der Waals surface area (Å²) >= 11 is 0. The highest BCUT2D eigenvalue weighted by molar-refractivity contribution is 5.87. The number of amides is 2. The van der Waals surface area contributed by atoms with Crippen LogP contribution in [-0.4, -0.2) is 78.6 Å². The molecule has 150 valence electrons. The molecular weight excluding hydrogens is 352 g/mol. The van der Waals surface area contributed by atoms with Gasteiger partial charge in [0.2, 0.25) is 12.3 Å². The van der Waals surface area contributed by atoms with Gasteiger partial charge in [-0.1, -0.05) is 18.4 Å². The number of carbonyl (C=O) groups excluding carboxylic acids is 2. The van der Waals surface area contributed by atoms with Crippen LogP contribution < -0.4 is 0 Å². The van der Waals surface area contributed by atoms with Crippen LogP contribution in [0.15, 0.2) is 25.1 Å². The van der Waals surface area contributed by atoms with Crippen molar-refractivity contribution in [1.82, 2.24) is 9.80 Å². The Morgan fingerprint density at radius 2 is 2.00 bits per heavy atom. The van der Waals surface area contributed by atoms with Crippen molar-refractivity contribution in [2.45, 2.75) is 25.2 Å². The topological polar surface area (TPSA) is 99.5 Å². The number of aliphatic hydroxyl groups is 2. The second kappa shape index (κ2) is 18.0. The number of terminal acetylenes is 2. The van der Waals surface area contributed by atoms with Gasteiger partial charge in [-0.25, -0.2) is 0 Å². The summed E-state index contributed by atoms with van der Waals surface area (Å²) < 4.78 is 10.7. The van der Waals surface area contributed by atoms with Crippen LogP contribution in [-0.2, 0) is 19.1 Å².